The number of aliphatic hydroxyl groups is 1. The summed E-state index contributed by atoms with van der Waals surface area (Å²) in [6, 6.07) is 6.64. The first-order chi connectivity index (χ1) is 14.6. The highest BCUT2D eigenvalue weighted by Crippen LogP contribution is 2.22. The zero-order valence-electron chi connectivity index (χ0n) is 17.1. The van der Waals surface area contributed by atoms with Gasteiger partial charge in [0.25, 0.3) is 17.7 Å². The van der Waals surface area contributed by atoms with Gasteiger partial charge in [-0.1, -0.05) is 24.8 Å². The van der Waals surface area contributed by atoms with Crippen molar-refractivity contribution in [1.29, 1.82) is 0 Å². The van der Waals surface area contributed by atoms with Crippen LogP contribution in [0, 0.1) is 11.8 Å². The first kappa shape index (κ1) is 22.0. The maximum atomic E-state index is 13.6. The third-order valence-corrected chi connectivity index (χ3v) is 4.88. The Hall–Kier alpha value is -3.71. The monoisotopic (exact) mass is 427 g/mol. The largest absolute Gasteiger partial charge is 0.369 e. The zero-order valence-corrected chi connectivity index (χ0v) is 17.1. The van der Waals surface area contributed by atoms with E-state index in [4.69, 9.17) is 5.73 Å². The number of likely N-dealkylation sites (tertiary alicyclic amines) is 1. The molecule has 2 heterocycles. The Morgan fingerprint density at radius 2 is 2.19 bits per heavy atom. The molecule has 162 valence electrons. The van der Waals surface area contributed by atoms with Crippen LogP contribution in [-0.2, 0) is 9.59 Å². The van der Waals surface area contributed by atoms with Gasteiger partial charge in [-0.3, -0.25) is 14.4 Å². The highest BCUT2D eigenvalue weighted by Gasteiger charge is 2.42. The molecule has 0 spiro atoms. The van der Waals surface area contributed by atoms with E-state index in [1.54, 1.807) is 31.3 Å². The molecule has 0 aliphatic carbocycles. The van der Waals surface area contributed by atoms with E-state index < -0.39 is 29.5 Å². The molecule has 1 fully saturated rings. The number of anilines is 1. The van der Waals surface area contributed by atoms with Gasteiger partial charge in [0.1, 0.15) is 0 Å². The van der Waals surface area contributed by atoms with Gasteiger partial charge in [-0.05, 0) is 24.6 Å². The molecule has 0 radical (unpaired) electrons. The van der Waals surface area contributed by atoms with Crippen molar-refractivity contribution in [3.8, 4) is 17.5 Å². The van der Waals surface area contributed by atoms with Crippen molar-refractivity contribution in [3.05, 3.63) is 41.7 Å². The molecule has 0 unspecified atom stereocenters. The molecule has 0 saturated carbocycles. The average Bonchev–Trinajstić information content (AvgIpc) is 3.29. The Kier molecular flexibility index (Phi) is 6.08. The van der Waals surface area contributed by atoms with Crippen molar-refractivity contribution in [2.24, 2.45) is 5.73 Å². The number of nitrogens with two attached hydrogens (primary N) is 1. The first-order valence-electron chi connectivity index (χ1n) is 9.60. The van der Waals surface area contributed by atoms with Gasteiger partial charge in [0.05, 0.1) is 17.6 Å². The minimum atomic E-state index is -1.73. The summed E-state index contributed by atoms with van der Waals surface area (Å²) in [5.41, 5.74) is 4.34. The fourth-order valence-electron chi connectivity index (χ4n) is 3.05. The number of benzene rings is 1. The van der Waals surface area contributed by atoms with E-state index in [1.807, 2.05) is 0 Å². The number of rotatable bonds is 5. The smallest absolute Gasteiger partial charge is 0.271 e. The number of halogens is 1. The third kappa shape index (κ3) is 4.57. The predicted octanol–water partition coefficient (Wildman–Crippen LogP) is 0.603. The van der Waals surface area contributed by atoms with Crippen LogP contribution in [-0.4, -0.2) is 62.9 Å². The molecular formula is C21H22FN5O4. The SMILES string of the molecule is CC[C@@H](F)C(=O)Nc1cn(-c2cccc(C#C[C@]3(O)CCN(C)C3=O)c2)nc1C(N)=O. The van der Waals surface area contributed by atoms with E-state index in [9.17, 15) is 23.9 Å². The molecule has 1 aliphatic heterocycles. The molecule has 10 heteroatoms. The van der Waals surface area contributed by atoms with Gasteiger partial charge in [-0.15, -0.1) is 0 Å². The Bertz CT molecular complexity index is 1100. The molecule has 2 aromatic rings. The van der Waals surface area contributed by atoms with Gasteiger partial charge in [-0.25, -0.2) is 9.07 Å². The molecule has 4 N–H and O–H groups in total. The zero-order chi connectivity index (χ0) is 22.8. The van der Waals surface area contributed by atoms with E-state index >= 15 is 0 Å². The van der Waals surface area contributed by atoms with E-state index in [-0.39, 0.29) is 24.2 Å². The molecule has 31 heavy (non-hydrogen) atoms. The third-order valence-electron chi connectivity index (χ3n) is 4.88. The first-order valence-corrected chi connectivity index (χ1v) is 9.60. The summed E-state index contributed by atoms with van der Waals surface area (Å²) in [7, 11) is 1.60. The average molecular weight is 427 g/mol. The van der Waals surface area contributed by atoms with Gasteiger partial charge >= 0.3 is 0 Å². The lowest BCUT2D eigenvalue weighted by molar-refractivity contribution is -0.137. The van der Waals surface area contributed by atoms with Crippen molar-refractivity contribution in [2.45, 2.75) is 31.5 Å². The van der Waals surface area contributed by atoms with Crippen molar-refractivity contribution in [2.75, 3.05) is 18.9 Å². The van der Waals surface area contributed by atoms with Crippen molar-refractivity contribution >= 4 is 23.4 Å². The molecule has 1 aromatic carbocycles. The summed E-state index contributed by atoms with van der Waals surface area (Å²) in [6.45, 7) is 1.93. The number of nitrogens with zero attached hydrogens (tertiary/aromatic N) is 3. The number of nitrogens with one attached hydrogen (secondary N) is 1. The molecule has 1 aromatic heterocycles. The maximum Gasteiger partial charge on any atom is 0.271 e. The van der Waals surface area contributed by atoms with E-state index in [2.05, 4.69) is 22.3 Å². The van der Waals surface area contributed by atoms with E-state index in [0.29, 0.717) is 17.8 Å². The van der Waals surface area contributed by atoms with Gasteiger partial charge in [-0.2, -0.15) is 5.10 Å². The number of hydrogen-bond donors (Lipinski definition) is 3. The summed E-state index contributed by atoms with van der Waals surface area (Å²) >= 11 is 0. The summed E-state index contributed by atoms with van der Waals surface area (Å²) in [5, 5.41) is 16.8. The second kappa shape index (κ2) is 8.57. The second-order valence-corrected chi connectivity index (χ2v) is 7.20. The number of likely N-dealkylation sites (N-methyl/N-ethyl adjacent to an activating group) is 1. The van der Waals surface area contributed by atoms with Crippen LogP contribution in [0.5, 0.6) is 0 Å². The van der Waals surface area contributed by atoms with Crippen LogP contribution in [0.3, 0.4) is 0 Å². The maximum absolute atomic E-state index is 13.6. The van der Waals surface area contributed by atoms with E-state index in [0.717, 1.165) is 0 Å². The van der Waals surface area contributed by atoms with Crippen LogP contribution in [0.4, 0.5) is 10.1 Å². The standard InChI is InChI=1S/C21H22FN5O4/c1-3-15(22)19(29)24-16-12-27(25-17(16)18(23)28)14-6-4-5-13(11-14)7-8-21(31)9-10-26(2)20(21)30/h4-6,11-12,15,31H,3,9-10H2,1-2H3,(H2,23,28)(H,24,29)/t15-,21+/m1/s1. The lowest BCUT2D eigenvalue weighted by Crippen LogP contribution is -2.37. The summed E-state index contributed by atoms with van der Waals surface area (Å²) < 4.78 is 14.9. The van der Waals surface area contributed by atoms with Crippen LogP contribution in [0.15, 0.2) is 30.5 Å². The van der Waals surface area contributed by atoms with Crippen LogP contribution in [0.2, 0.25) is 0 Å². The molecule has 0 bridgehead atoms. The lowest BCUT2D eigenvalue weighted by Gasteiger charge is -2.13. The minimum Gasteiger partial charge on any atom is -0.369 e. The molecule has 1 saturated heterocycles. The topological polar surface area (TPSA) is 131 Å². The molecule has 3 amide bonds. The molecule has 2 atom stereocenters. The quantitative estimate of drug-likeness (QED) is 0.602. The Morgan fingerprint density at radius 1 is 1.45 bits per heavy atom. The fraction of sp³-hybridized carbons (Fsp3) is 0.333. The summed E-state index contributed by atoms with van der Waals surface area (Å²) in [5.74, 6) is 3.18. The van der Waals surface area contributed by atoms with E-state index in [1.165, 1.54) is 22.7 Å². The molecule has 3 rings (SSSR count). The Morgan fingerprint density at radius 3 is 2.81 bits per heavy atom. The predicted molar refractivity (Wildman–Crippen MR) is 110 cm³/mol. The number of carbonyl (C=O) groups excluding carboxylic acids is 3. The van der Waals surface area contributed by atoms with Crippen LogP contribution in [0.25, 0.3) is 5.69 Å². The van der Waals surface area contributed by atoms with Crippen molar-refractivity contribution in [3.63, 3.8) is 0 Å². The number of primary amides is 1. The van der Waals surface area contributed by atoms with Gasteiger partial charge in [0, 0.05) is 25.6 Å². The molecular weight excluding hydrogens is 405 g/mol. The van der Waals surface area contributed by atoms with Gasteiger partial charge in [0.2, 0.25) is 5.60 Å². The fourth-order valence-corrected chi connectivity index (χ4v) is 3.05. The van der Waals surface area contributed by atoms with Crippen LogP contribution >= 0.6 is 0 Å². The number of aromatic nitrogens is 2. The Labute approximate surface area is 178 Å². The highest BCUT2D eigenvalue weighted by molar-refractivity contribution is 6.02. The normalized spacial score (nSPS) is 19.0. The number of hydrogen-bond acceptors (Lipinski definition) is 5. The number of amides is 3. The van der Waals surface area contributed by atoms with Crippen molar-refractivity contribution in [1.82, 2.24) is 14.7 Å². The number of carbonyl (C=O) groups is 3. The van der Waals surface area contributed by atoms with Crippen LogP contribution in [0.1, 0.15) is 35.8 Å². The van der Waals surface area contributed by atoms with Gasteiger partial charge < -0.3 is 21.1 Å². The van der Waals surface area contributed by atoms with Crippen LogP contribution < -0.4 is 11.1 Å². The Balaban J connectivity index is 1.90. The van der Waals surface area contributed by atoms with Crippen molar-refractivity contribution < 1.29 is 23.9 Å². The minimum absolute atomic E-state index is 0.0148. The molecule has 1 aliphatic rings. The van der Waals surface area contributed by atoms with Gasteiger partial charge in [0.15, 0.2) is 11.9 Å². The summed E-state index contributed by atoms with van der Waals surface area (Å²) in [6.07, 6.45) is -0.189. The number of alkyl halides is 1. The highest BCUT2D eigenvalue weighted by atomic mass is 19.1. The second-order valence-electron chi connectivity index (χ2n) is 7.20. The summed E-state index contributed by atoms with van der Waals surface area (Å²) in [4.78, 5) is 37.0. The lowest BCUT2D eigenvalue weighted by atomic mass is 10.0. The molecule has 9 nitrogen and oxygen atoms in total.